The van der Waals surface area contributed by atoms with Crippen molar-refractivity contribution in [3.05, 3.63) is 41.0 Å². The number of hydrogen-bond donors (Lipinski definition) is 2. The van der Waals surface area contributed by atoms with E-state index in [0.29, 0.717) is 17.1 Å². The number of carbonyl (C=O) groups is 1. The van der Waals surface area contributed by atoms with E-state index in [1.54, 1.807) is 12.3 Å². The molecule has 2 heterocycles. The lowest BCUT2D eigenvalue weighted by atomic mass is 10.3. The third-order valence-electron chi connectivity index (χ3n) is 2.49. The Balaban J connectivity index is 2.17. The third-order valence-corrected chi connectivity index (χ3v) is 3.77. The molecule has 0 spiro atoms. The van der Waals surface area contributed by atoms with Gasteiger partial charge in [-0.3, -0.25) is 9.78 Å². The fourth-order valence-corrected chi connectivity index (χ4v) is 2.51. The summed E-state index contributed by atoms with van der Waals surface area (Å²) in [5.41, 5.74) is 12.5. The predicted molar refractivity (Wildman–Crippen MR) is 73.6 cm³/mol. The van der Waals surface area contributed by atoms with E-state index >= 15 is 0 Å². The number of rotatable bonds is 4. The van der Waals surface area contributed by atoms with E-state index in [1.165, 1.54) is 11.3 Å². The maximum absolute atomic E-state index is 11.1. The summed E-state index contributed by atoms with van der Waals surface area (Å²) >= 11 is 1.30. The van der Waals surface area contributed by atoms with Crippen molar-refractivity contribution in [3.63, 3.8) is 0 Å². The molecule has 94 valence electrons. The van der Waals surface area contributed by atoms with Gasteiger partial charge in [0.1, 0.15) is 4.88 Å². The zero-order valence-electron chi connectivity index (χ0n) is 9.96. The first-order valence-corrected chi connectivity index (χ1v) is 6.18. The van der Waals surface area contributed by atoms with Gasteiger partial charge in [-0.2, -0.15) is 0 Å². The van der Waals surface area contributed by atoms with Crippen molar-refractivity contribution in [3.8, 4) is 0 Å². The average molecular weight is 262 g/mol. The molecule has 0 fully saturated rings. The topological polar surface area (TPSA) is 85.2 Å². The highest BCUT2D eigenvalue weighted by molar-refractivity contribution is 7.18. The highest BCUT2D eigenvalue weighted by Gasteiger charge is 2.13. The van der Waals surface area contributed by atoms with Crippen LogP contribution in [-0.4, -0.2) is 17.9 Å². The van der Waals surface area contributed by atoms with E-state index in [-0.39, 0.29) is 0 Å². The Morgan fingerprint density at radius 1 is 1.56 bits per heavy atom. The van der Waals surface area contributed by atoms with Crippen molar-refractivity contribution in [1.29, 1.82) is 0 Å². The van der Waals surface area contributed by atoms with Crippen LogP contribution in [0.3, 0.4) is 0 Å². The monoisotopic (exact) mass is 262 g/mol. The summed E-state index contributed by atoms with van der Waals surface area (Å²) in [6.07, 6.45) is 3.54. The minimum Gasteiger partial charge on any atom is -0.397 e. The molecular weight excluding hydrogens is 248 g/mol. The maximum atomic E-state index is 11.1. The minimum absolute atomic E-state index is 0.406. The van der Waals surface area contributed by atoms with Crippen LogP contribution in [0.5, 0.6) is 0 Å². The number of thiophene rings is 1. The van der Waals surface area contributed by atoms with Crippen LogP contribution in [-0.2, 0) is 6.54 Å². The fourth-order valence-electron chi connectivity index (χ4n) is 1.62. The largest absolute Gasteiger partial charge is 0.397 e. The molecule has 0 unspecified atom stereocenters. The fraction of sp³-hybridized carbons (Fsp3) is 0.167. The molecule has 0 bridgehead atoms. The standard InChI is InChI=1S/C12H14N4OS/c1-16(7-8-3-2-4-15-6-8)10-5-9(13)11(18-10)12(14)17/h2-6H,7,13H2,1H3,(H2,14,17). The lowest BCUT2D eigenvalue weighted by Gasteiger charge is -2.16. The Bertz CT molecular complexity index is 552. The van der Waals surface area contributed by atoms with Gasteiger partial charge < -0.3 is 16.4 Å². The van der Waals surface area contributed by atoms with Crippen molar-refractivity contribution >= 4 is 27.9 Å². The van der Waals surface area contributed by atoms with Crippen LogP contribution in [0.25, 0.3) is 0 Å². The first-order chi connectivity index (χ1) is 8.58. The number of primary amides is 1. The number of nitrogens with zero attached hydrogens (tertiary/aromatic N) is 2. The number of pyridine rings is 1. The summed E-state index contributed by atoms with van der Waals surface area (Å²) in [6.45, 7) is 0.700. The van der Waals surface area contributed by atoms with Gasteiger partial charge in [0.25, 0.3) is 5.91 Å². The highest BCUT2D eigenvalue weighted by Crippen LogP contribution is 2.31. The Morgan fingerprint density at radius 3 is 2.89 bits per heavy atom. The molecule has 2 rings (SSSR count). The van der Waals surface area contributed by atoms with E-state index in [0.717, 1.165) is 10.6 Å². The van der Waals surface area contributed by atoms with Crippen LogP contribution in [0.1, 0.15) is 15.2 Å². The van der Waals surface area contributed by atoms with E-state index in [1.807, 2.05) is 30.3 Å². The van der Waals surface area contributed by atoms with Crippen LogP contribution in [0.15, 0.2) is 30.6 Å². The van der Waals surface area contributed by atoms with Gasteiger partial charge in [-0.15, -0.1) is 11.3 Å². The van der Waals surface area contributed by atoms with Gasteiger partial charge in [0.2, 0.25) is 0 Å². The molecular formula is C12H14N4OS. The first kappa shape index (κ1) is 12.4. The summed E-state index contributed by atoms with van der Waals surface area (Å²) in [5, 5.41) is 0.908. The summed E-state index contributed by atoms with van der Waals surface area (Å²) in [6, 6.07) is 5.65. The Labute approximate surface area is 109 Å². The number of amides is 1. The van der Waals surface area contributed by atoms with Crippen molar-refractivity contribution in [2.75, 3.05) is 17.7 Å². The lowest BCUT2D eigenvalue weighted by Crippen LogP contribution is -2.15. The second-order valence-corrected chi connectivity index (χ2v) is 4.98. The molecule has 2 aromatic heterocycles. The minimum atomic E-state index is -0.487. The molecule has 5 nitrogen and oxygen atoms in total. The van der Waals surface area contributed by atoms with Crippen molar-refractivity contribution in [2.24, 2.45) is 5.73 Å². The number of hydrogen-bond acceptors (Lipinski definition) is 5. The molecule has 0 radical (unpaired) electrons. The molecule has 0 aliphatic rings. The van der Waals surface area contributed by atoms with Crippen molar-refractivity contribution in [2.45, 2.75) is 6.54 Å². The number of carbonyl (C=O) groups excluding carboxylic acids is 1. The average Bonchev–Trinajstić information content (AvgIpc) is 2.73. The van der Waals surface area contributed by atoms with Gasteiger partial charge in [-0.25, -0.2) is 0 Å². The van der Waals surface area contributed by atoms with Crippen LogP contribution in [0.2, 0.25) is 0 Å². The molecule has 0 aliphatic heterocycles. The molecule has 0 saturated heterocycles. The van der Waals surface area contributed by atoms with Crippen molar-refractivity contribution in [1.82, 2.24) is 4.98 Å². The van der Waals surface area contributed by atoms with Crippen LogP contribution in [0, 0.1) is 0 Å². The highest BCUT2D eigenvalue weighted by atomic mass is 32.1. The molecule has 2 aromatic rings. The first-order valence-electron chi connectivity index (χ1n) is 5.37. The van der Waals surface area contributed by atoms with Crippen LogP contribution in [0.4, 0.5) is 10.7 Å². The molecule has 0 aromatic carbocycles. The van der Waals surface area contributed by atoms with E-state index in [9.17, 15) is 4.79 Å². The van der Waals surface area contributed by atoms with Gasteiger partial charge in [0.15, 0.2) is 0 Å². The van der Waals surface area contributed by atoms with Crippen LogP contribution >= 0.6 is 11.3 Å². The molecule has 6 heteroatoms. The summed E-state index contributed by atoms with van der Waals surface area (Å²) in [4.78, 5) is 17.6. The number of anilines is 2. The Kier molecular flexibility index (Phi) is 3.47. The zero-order valence-corrected chi connectivity index (χ0v) is 10.8. The lowest BCUT2D eigenvalue weighted by molar-refractivity contribution is 0.100. The quantitative estimate of drug-likeness (QED) is 0.873. The molecule has 18 heavy (non-hydrogen) atoms. The smallest absolute Gasteiger partial charge is 0.260 e. The van der Waals surface area contributed by atoms with E-state index in [4.69, 9.17) is 11.5 Å². The molecule has 0 aliphatic carbocycles. The van der Waals surface area contributed by atoms with Crippen molar-refractivity contribution < 1.29 is 4.79 Å². The SMILES string of the molecule is CN(Cc1cccnc1)c1cc(N)c(C(N)=O)s1. The molecule has 0 atom stereocenters. The summed E-state index contributed by atoms with van der Waals surface area (Å²) in [7, 11) is 1.93. The maximum Gasteiger partial charge on any atom is 0.260 e. The number of aromatic nitrogens is 1. The predicted octanol–water partition coefficient (Wildman–Crippen LogP) is 1.46. The molecule has 1 amide bonds. The summed E-state index contributed by atoms with van der Waals surface area (Å²) < 4.78 is 0. The van der Waals surface area contributed by atoms with Gasteiger partial charge in [-0.1, -0.05) is 6.07 Å². The third kappa shape index (κ3) is 2.60. The Hall–Kier alpha value is -2.08. The number of nitrogen functional groups attached to an aromatic ring is 1. The normalized spacial score (nSPS) is 10.3. The summed E-state index contributed by atoms with van der Waals surface area (Å²) in [5.74, 6) is -0.487. The second-order valence-electron chi connectivity index (χ2n) is 3.95. The van der Waals surface area contributed by atoms with E-state index < -0.39 is 5.91 Å². The van der Waals surface area contributed by atoms with Gasteiger partial charge in [0.05, 0.1) is 10.7 Å². The molecule has 0 saturated carbocycles. The second kappa shape index (κ2) is 5.05. The van der Waals surface area contributed by atoms with Gasteiger partial charge in [-0.05, 0) is 17.7 Å². The molecule has 4 N–H and O–H groups in total. The van der Waals surface area contributed by atoms with Gasteiger partial charge >= 0.3 is 0 Å². The Morgan fingerprint density at radius 2 is 2.33 bits per heavy atom. The zero-order chi connectivity index (χ0) is 13.1. The van der Waals surface area contributed by atoms with Gasteiger partial charge in [0, 0.05) is 26.0 Å². The number of nitrogens with two attached hydrogens (primary N) is 2. The van der Waals surface area contributed by atoms with E-state index in [2.05, 4.69) is 4.98 Å². The van der Waals surface area contributed by atoms with Crippen LogP contribution < -0.4 is 16.4 Å².